The Bertz CT molecular complexity index is 584. The van der Waals surface area contributed by atoms with E-state index in [1.807, 2.05) is 31.2 Å². The molecular weight excluding hydrogens is 258 g/mol. The third-order valence-electron chi connectivity index (χ3n) is 3.46. The molecule has 0 aromatic heterocycles. The van der Waals surface area contributed by atoms with E-state index in [-0.39, 0.29) is 6.04 Å². The average molecular weight is 276 g/mol. The van der Waals surface area contributed by atoms with Crippen molar-refractivity contribution in [1.29, 1.82) is 0 Å². The van der Waals surface area contributed by atoms with Crippen LogP contribution in [0.2, 0.25) is 0 Å². The fraction of sp³-hybridized carbons (Fsp3) is 0.250. The number of hydrogen-bond acceptors (Lipinski definition) is 2. The SMILES string of the molecule is Cc1ccccc1CC(Cc1cccc(F)c1F)NN. The van der Waals surface area contributed by atoms with Crippen LogP contribution in [0.4, 0.5) is 8.78 Å². The molecule has 0 saturated heterocycles. The Morgan fingerprint density at radius 1 is 1.00 bits per heavy atom. The van der Waals surface area contributed by atoms with Crippen LogP contribution in [0.5, 0.6) is 0 Å². The van der Waals surface area contributed by atoms with Crippen LogP contribution in [-0.2, 0) is 12.8 Å². The molecule has 2 nitrogen and oxygen atoms in total. The van der Waals surface area contributed by atoms with E-state index in [0.717, 1.165) is 17.2 Å². The van der Waals surface area contributed by atoms with Gasteiger partial charge in [0.2, 0.25) is 0 Å². The smallest absolute Gasteiger partial charge is 0.162 e. The lowest BCUT2D eigenvalue weighted by molar-refractivity contribution is 0.473. The van der Waals surface area contributed by atoms with Gasteiger partial charge in [0.1, 0.15) is 0 Å². The first-order valence-electron chi connectivity index (χ1n) is 6.55. The summed E-state index contributed by atoms with van der Waals surface area (Å²) in [5.74, 6) is 3.92. The summed E-state index contributed by atoms with van der Waals surface area (Å²) in [4.78, 5) is 0. The van der Waals surface area contributed by atoms with Crippen molar-refractivity contribution in [2.24, 2.45) is 5.84 Å². The van der Waals surface area contributed by atoms with Crippen LogP contribution in [0, 0.1) is 18.6 Å². The van der Waals surface area contributed by atoms with Gasteiger partial charge in [-0.05, 0) is 42.5 Å². The standard InChI is InChI=1S/C16H18F2N2/c1-11-5-2-3-6-12(11)9-14(20-19)10-13-7-4-8-15(17)16(13)18/h2-8,14,20H,9-10,19H2,1H3. The molecule has 0 aliphatic rings. The van der Waals surface area contributed by atoms with E-state index in [1.54, 1.807) is 6.07 Å². The van der Waals surface area contributed by atoms with Gasteiger partial charge in [-0.2, -0.15) is 0 Å². The number of aryl methyl sites for hydroxylation is 1. The molecule has 0 heterocycles. The third kappa shape index (κ3) is 3.40. The Hall–Kier alpha value is -1.78. The first-order valence-corrected chi connectivity index (χ1v) is 6.55. The van der Waals surface area contributed by atoms with Crippen LogP contribution in [0.3, 0.4) is 0 Å². The number of benzene rings is 2. The van der Waals surface area contributed by atoms with Crippen LogP contribution >= 0.6 is 0 Å². The van der Waals surface area contributed by atoms with Gasteiger partial charge in [-0.25, -0.2) is 8.78 Å². The Kier molecular flexibility index (Phi) is 4.82. The summed E-state index contributed by atoms with van der Waals surface area (Å²) in [5, 5.41) is 0. The molecule has 2 aromatic rings. The summed E-state index contributed by atoms with van der Waals surface area (Å²) in [6.07, 6.45) is 1.01. The Morgan fingerprint density at radius 2 is 1.65 bits per heavy atom. The van der Waals surface area contributed by atoms with Gasteiger partial charge in [0.05, 0.1) is 0 Å². The zero-order valence-corrected chi connectivity index (χ0v) is 11.4. The molecule has 0 aliphatic heterocycles. The van der Waals surface area contributed by atoms with Crippen LogP contribution < -0.4 is 11.3 Å². The molecule has 2 rings (SSSR count). The molecular formula is C16H18F2N2. The van der Waals surface area contributed by atoms with Gasteiger partial charge in [-0.3, -0.25) is 11.3 Å². The quantitative estimate of drug-likeness (QED) is 0.651. The van der Waals surface area contributed by atoms with Crippen molar-refractivity contribution < 1.29 is 8.78 Å². The highest BCUT2D eigenvalue weighted by Crippen LogP contribution is 2.16. The largest absolute Gasteiger partial charge is 0.271 e. The molecule has 0 fully saturated rings. The lowest BCUT2D eigenvalue weighted by Gasteiger charge is -2.17. The molecule has 0 amide bonds. The second-order valence-electron chi connectivity index (χ2n) is 4.91. The second kappa shape index (κ2) is 6.59. The Balaban J connectivity index is 2.14. The first-order chi connectivity index (χ1) is 9.61. The lowest BCUT2D eigenvalue weighted by atomic mass is 9.96. The van der Waals surface area contributed by atoms with Crippen molar-refractivity contribution in [2.75, 3.05) is 0 Å². The van der Waals surface area contributed by atoms with Gasteiger partial charge >= 0.3 is 0 Å². The van der Waals surface area contributed by atoms with E-state index >= 15 is 0 Å². The molecule has 4 heteroatoms. The summed E-state index contributed by atoms with van der Waals surface area (Å²) in [6.45, 7) is 2.02. The van der Waals surface area contributed by atoms with Gasteiger partial charge in [-0.15, -0.1) is 0 Å². The van der Waals surface area contributed by atoms with Crippen molar-refractivity contribution in [2.45, 2.75) is 25.8 Å². The van der Waals surface area contributed by atoms with Crippen molar-refractivity contribution in [3.63, 3.8) is 0 Å². The summed E-state index contributed by atoms with van der Waals surface area (Å²) in [5.41, 5.74) is 5.32. The summed E-state index contributed by atoms with van der Waals surface area (Å²) >= 11 is 0. The maximum absolute atomic E-state index is 13.7. The second-order valence-corrected chi connectivity index (χ2v) is 4.91. The van der Waals surface area contributed by atoms with Gasteiger partial charge in [0.15, 0.2) is 11.6 Å². The fourth-order valence-corrected chi connectivity index (χ4v) is 2.27. The predicted molar refractivity (Wildman–Crippen MR) is 76.1 cm³/mol. The maximum atomic E-state index is 13.7. The van der Waals surface area contributed by atoms with Crippen molar-refractivity contribution in [1.82, 2.24) is 5.43 Å². The highest BCUT2D eigenvalue weighted by atomic mass is 19.2. The maximum Gasteiger partial charge on any atom is 0.162 e. The molecule has 0 bridgehead atoms. The van der Waals surface area contributed by atoms with E-state index in [1.165, 1.54) is 6.07 Å². The normalized spacial score (nSPS) is 12.4. The summed E-state index contributed by atoms with van der Waals surface area (Å²) in [6, 6.07) is 12.0. The van der Waals surface area contributed by atoms with Gasteiger partial charge < -0.3 is 0 Å². The minimum absolute atomic E-state index is 0.146. The molecule has 0 spiro atoms. The summed E-state index contributed by atoms with van der Waals surface area (Å²) < 4.78 is 26.9. The van der Waals surface area contributed by atoms with Gasteiger partial charge in [0, 0.05) is 6.04 Å². The molecule has 20 heavy (non-hydrogen) atoms. The molecule has 2 aromatic carbocycles. The van der Waals surface area contributed by atoms with E-state index in [9.17, 15) is 8.78 Å². The van der Waals surface area contributed by atoms with Gasteiger partial charge in [-0.1, -0.05) is 36.4 Å². The fourth-order valence-electron chi connectivity index (χ4n) is 2.27. The number of nitrogens with two attached hydrogens (primary N) is 1. The number of halogens is 2. The average Bonchev–Trinajstić information content (AvgIpc) is 2.45. The van der Waals surface area contributed by atoms with Crippen LogP contribution in [0.25, 0.3) is 0 Å². The number of hydrazine groups is 1. The Morgan fingerprint density at radius 3 is 2.35 bits per heavy atom. The molecule has 0 radical (unpaired) electrons. The predicted octanol–water partition coefficient (Wildman–Crippen LogP) is 2.89. The Labute approximate surface area is 117 Å². The van der Waals surface area contributed by atoms with Crippen molar-refractivity contribution >= 4 is 0 Å². The number of hydrogen-bond donors (Lipinski definition) is 2. The minimum Gasteiger partial charge on any atom is -0.271 e. The van der Waals surface area contributed by atoms with Crippen LogP contribution in [0.1, 0.15) is 16.7 Å². The molecule has 3 N–H and O–H groups in total. The van der Waals surface area contributed by atoms with Crippen molar-refractivity contribution in [3.05, 3.63) is 70.8 Å². The first kappa shape index (κ1) is 14.6. The van der Waals surface area contributed by atoms with E-state index in [0.29, 0.717) is 18.4 Å². The summed E-state index contributed by atoms with van der Waals surface area (Å²) in [7, 11) is 0. The van der Waals surface area contributed by atoms with Crippen molar-refractivity contribution in [3.8, 4) is 0 Å². The molecule has 106 valence electrons. The number of nitrogens with one attached hydrogen (secondary N) is 1. The van der Waals surface area contributed by atoms with E-state index in [2.05, 4.69) is 5.43 Å². The van der Waals surface area contributed by atoms with Crippen LogP contribution in [-0.4, -0.2) is 6.04 Å². The number of rotatable bonds is 5. The zero-order chi connectivity index (χ0) is 14.5. The van der Waals surface area contributed by atoms with E-state index < -0.39 is 11.6 Å². The third-order valence-corrected chi connectivity index (χ3v) is 3.46. The highest BCUT2D eigenvalue weighted by molar-refractivity contribution is 5.27. The minimum atomic E-state index is -0.825. The van der Waals surface area contributed by atoms with Crippen LogP contribution in [0.15, 0.2) is 42.5 Å². The molecule has 0 saturated carbocycles. The highest BCUT2D eigenvalue weighted by Gasteiger charge is 2.14. The molecule has 1 unspecified atom stereocenters. The lowest BCUT2D eigenvalue weighted by Crippen LogP contribution is -2.38. The van der Waals surface area contributed by atoms with E-state index in [4.69, 9.17) is 5.84 Å². The zero-order valence-electron chi connectivity index (χ0n) is 11.4. The topological polar surface area (TPSA) is 38.0 Å². The molecule has 0 aliphatic carbocycles. The monoisotopic (exact) mass is 276 g/mol. The van der Waals surface area contributed by atoms with Gasteiger partial charge in [0.25, 0.3) is 0 Å². The molecule has 1 atom stereocenters.